The third kappa shape index (κ3) is 3.44. The minimum absolute atomic E-state index is 0.274. The maximum absolute atomic E-state index is 12.1. The van der Waals surface area contributed by atoms with E-state index < -0.39 is 10.0 Å². The van der Waals surface area contributed by atoms with Crippen molar-refractivity contribution >= 4 is 10.0 Å². The topological polar surface area (TPSA) is 81.4 Å². The molecule has 0 radical (unpaired) electrons. The van der Waals surface area contributed by atoms with Gasteiger partial charge in [-0.25, -0.2) is 13.1 Å². The van der Waals surface area contributed by atoms with Crippen molar-refractivity contribution in [2.24, 2.45) is 17.6 Å². The maximum Gasteiger partial charge on any atom is 0.214 e. The molecule has 1 saturated heterocycles. The van der Waals surface area contributed by atoms with Crippen LogP contribution in [0, 0.1) is 11.8 Å². The van der Waals surface area contributed by atoms with Crippen LogP contribution in [0.25, 0.3) is 0 Å². The van der Waals surface area contributed by atoms with Crippen LogP contribution in [0.5, 0.6) is 0 Å². The molecule has 5 nitrogen and oxygen atoms in total. The van der Waals surface area contributed by atoms with Crippen LogP contribution in [0.4, 0.5) is 0 Å². The predicted molar refractivity (Wildman–Crippen MR) is 70.6 cm³/mol. The van der Waals surface area contributed by atoms with Crippen molar-refractivity contribution in [1.82, 2.24) is 4.72 Å². The second-order valence-corrected chi connectivity index (χ2v) is 7.44. The first-order valence-corrected chi connectivity index (χ1v) is 8.44. The van der Waals surface area contributed by atoms with E-state index in [4.69, 9.17) is 10.5 Å². The summed E-state index contributed by atoms with van der Waals surface area (Å²) in [6.07, 6.45) is 4.63. The number of nitrogens with two attached hydrogens (primary N) is 1. The van der Waals surface area contributed by atoms with Crippen LogP contribution in [-0.4, -0.2) is 40.0 Å². The Morgan fingerprint density at radius 1 is 1.11 bits per heavy atom. The average molecular weight is 276 g/mol. The molecule has 106 valence electrons. The Hall–Kier alpha value is -0.170. The second kappa shape index (κ2) is 6.32. The lowest BCUT2D eigenvalue weighted by Crippen LogP contribution is -2.41. The smallest absolute Gasteiger partial charge is 0.214 e. The molecule has 2 fully saturated rings. The molecule has 2 unspecified atom stereocenters. The van der Waals surface area contributed by atoms with E-state index in [1.54, 1.807) is 0 Å². The highest BCUT2D eigenvalue weighted by molar-refractivity contribution is 7.90. The first-order valence-electron chi connectivity index (χ1n) is 6.90. The predicted octanol–water partition coefficient (Wildman–Crippen LogP) is 0.460. The average Bonchev–Trinajstić information content (AvgIpc) is 2.85. The number of rotatable bonds is 5. The Bertz CT molecular complexity index is 352. The van der Waals surface area contributed by atoms with E-state index in [9.17, 15) is 8.42 Å². The summed E-state index contributed by atoms with van der Waals surface area (Å²) in [5.41, 5.74) is 5.71. The van der Waals surface area contributed by atoms with Crippen molar-refractivity contribution in [3.05, 3.63) is 0 Å². The molecule has 1 heterocycles. The normalized spacial score (nSPS) is 30.7. The standard InChI is InChI=1S/C12H24N2O3S/c13-8-10-2-1-3-11(10)9-14-18(15,16)12-4-6-17-7-5-12/h10-12,14H,1-9,13H2. The fraction of sp³-hybridized carbons (Fsp3) is 1.00. The molecular formula is C12H24N2O3S. The third-order valence-corrected chi connectivity index (χ3v) is 6.19. The van der Waals surface area contributed by atoms with Gasteiger partial charge < -0.3 is 10.5 Å². The molecule has 0 aromatic heterocycles. The number of sulfonamides is 1. The van der Waals surface area contributed by atoms with Gasteiger partial charge in [0.1, 0.15) is 0 Å². The first kappa shape index (κ1) is 14.2. The van der Waals surface area contributed by atoms with Gasteiger partial charge in [-0.3, -0.25) is 0 Å². The molecule has 2 atom stereocenters. The van der Waals surface area contributed by atoms with Crippen LogP contribution in [0.3, 0.4) is 0 Å². The minimum atomic E-state index is -3.17. The molecule has 0 amide bonds. The van der Waals surface area contributed by atoms with Crippen molar-refractivity contribution < 1.29 is 13.2 Å². The van der Waals surface area contributed by atoms with Crippen molar-refractivity contribution in [3.63, 3.8) is 0 Å². The van der Waals surface area contributed by atoms with Crippen LogP contribution in [0.1, 0.15) is 32.1 Å². The molecular weight excluding hydrogens is 252 g/mol. The van der Waals surface area contributed by atoms with Gasteiger partial charge in [-0.15, -0.1) is 0 Å². The molecule has 2 rings (SSSR count). The number of hydrogen-bond acceptors (Lipinski definition) is 4. The molecule has 6 heteroatoms. The zero-order chi connectivity index (χ0) is 13.0. The van der Waals surface area contributed by atoms with E-state index in [-0.39, 0.29) is 5.25 Å². The van der Waals surface area contributed by atoms with Crippen molar-refractivity contribution in [2.75, 3.05) is 26.3 Å². The van der Waals surface area contributed by atoms with Gasteiger partial charge in [0, 0.05) is 19.8 Å². The minimum Gasteiger partial charge on any atom is -0.381 e. The molecule has 2 aliphatic rings. The van der Waals surface area contributed by atoms with E-state index in [1.165, 1.54) is 6.42 Å². The quantitative estimate of drug-likeness (QED) is 0.764. The zero-order valence-electron chi connectivity index (χ0n) is 10.8. The van der Waals surface area contributed by atoms with Gasteiger partial charge in [0.15, 0.2) is 0 Å². The number of ether oxygens (including phenoxy) is 1. The Morgan fingerprint density at radius 2 is 1.78 bits per heavy atom. The van der Waals surface area contributed by atoms with E-state index in [2.05, 4.69) is 4.72 Å². The lowest BCUT2D eigenvalue weighted by molar-refractivity contribution is 0.0981. The van der Waals surface area contributed by atoms with Crippen molar-refractivity contribution in [2.45, 2.75) is 37.4 Å². The number of hydrogen-bond donors (Lipinski definition) is 2. The largest absolute Gasteiger partial charge is 0.381 e. The van der Waals surface area contributed by atoms with E-state index in [1.807, 2.05) is 0 Å². The van der Waals surface area contributed by atoms with Gasteiger partial charge in [0.25, 0.3) is 0 Å². The Morgan fingerprint density at radius 3 is 2.44 bits per heavy atom. The fourth-order valence-corrected chi connectivity index (χ4v) is 4.52. The van der Waals surface area contributed by atoms with E-state index in [0.29, 0.717) is 51.0 Å². The lowest BCUT2D eigenvalue weighted by atomic mass is 9.97. The summed E-state index contributed by atoms with van der Waals surface area (Å²) in [7, 11) is -3.17. The molecule has 0 bridgehead atoms. The van der Waals surface area contributed by atoms with Gasteiger partial charge in [0.2, 0.25) is 10.0 Å². The molecule has 1 saturated carbocycles. The van der Waals surface area contributed by atoms with Gasteiger partial charge in [-0.1, -0.05) is 6.42 Å². The highest BCUT2D eigenvalue weighted by Gasteiger charge is 2.31. The van der Waals surface area contributed by atoms with Crippen molar-refractivity contribution in [3.8, 4) is 0 Å². The summed E-state index contributed by atoms with van der Waals surface area (Å²) < 4.78 is 32.3. The molecule has 0 aromatic carbocycles. The van der Waals surface area contributed by atoms with E-state index in [0.717, 1.165) is 12.8 Å². The second-order valence-electron chi connectivity index (χ2n) is 5.39. The lowest BCUT2D eigenvalue weighted by Gasteiger charge is -2.24. The molecule has 3 N–H and O–H groups in total. The summed E-state index contributed by atoms with van der Waals surface area (Å²) >= 11 is 0. The molecule has 18 heavy (non-hydrogen) atoms. The Kier molecular flexibility index (Phi) is 5.00. The summed E-state index contributed by atoms with van der Waals surface area (Å²) in [6.45, 7) is 2.34. The van der Waals surface area contributed by atoms with Gasteiger partial charge >= 0.3 is 0 Å². The third-order valence-electron chi connectivity index (χ3n) is 4.27. The molecule has 0 spiro atoms. The summed E-state index contributed by atoms with van der Waals surface area (Å²) in [5.74, 6) is 0.909. The highest BCUT2D eigenvalue weighted by Crippen LogP contribution is 2.30. The van der Waals surface area contributed by atoms with Gasteiger partial charge in [-0.2, -0.15) is 0 Å². The molecule has 0 aromatic rings. The van der Waals surface area contributed by atoms with Crippen molar-refractivity contribution in [1.29, 1.82) is 0 Å². The highest BCUT2D eigenvalue weighted by atomic mass is 32.2. The van der Waals surface area contributed by atoms with Gasteiger partial charge in [0.05, 0.1) is 5.25 Å². The molecule has 1 aliphatic heterocycles. The maximum atomic E-state index is 12.1. The SMILES string of the molecule is NCC1CCCC1CNS(=O)(=O)C1CCOCC1. The summed E-state index contributed by atoms with van der Waals surface area (Å²) in [4.78, 5) is 0. The van der Waals surface area contributed by atoms with Crippen LogP contribution in [0.15, 0.2) is 0 Å². The summed E-state index contributed by atoms with van der Waals surface area (Å²) in [5, 5.41) is -0.274. The summed E-state index contributed by atoms with van der Waals surface area (Å²) in [6, 6.07) is 0. The Labute approximate surface area is 110 Å². The monoisotopic (exact) mass is 276 g/mol. The fourth-order valence-electron chi connectivity index (χ4n) is 3.02. The van der Waals surface area contributed by atoms with E-state index >= 15 is 0 Å². The van der Waals surface area contributed by atoms with Gasteiger partial charge in [-0.05, 0) is 44.1 Å². The Balaban J connectivity index is 1.84. The van der Waals surface area contributed by atoms with Crippen LogP contribution in [0.2, 0.25) is 0 Å². The van der Waals surface area contributed by atoms with Crippen LogP contribution in [-0.2, 0) is 14.8 Å². The van der Waals surface area contributed by atoms with Crippen LogP contribution < -0.4 is 10.5 Å². The first-order chi connectivity index (χ1) is 8.63. The zero-order valence-corrected chi connectivity index (χ0v) is 11.6. The molecule has 1 aliphatic carbocycles. The number of nitrogens with one attached hydrogen (secondary N) is 1. The van der Waals surface area contributed by atoms with Crippen LogP contribution >= 0.6 is 0 Å².